The first-order valence-electron chi connectivity index (χ1n) is 7.30. The van der Waals surface area contributed by atoms with E-state index in [1.54, 1.807) is 11.1 Å². The summed E-state index contributed by atoms with van der Waals surface area (Å²) in [5.41, 5.74) is 8.09. The van der Waals surface area contributed by atoms with Gasteiger partial charge in [-0.1, -0.05) is 29.8 Å². The summed E-state index contributed by atoms with van der Waals surface area (Å²) < 4.78 is 0. The van der Waals surface area contributed by atoms with Gasteiger partial charge >= 0.3 is 0 Å². The van der Waals surface area contributed by atoms with E-state index in [9.17, 15) is 4.79 Å². The highest BCUT2D eigenvalue weighted by atomic mass is 35.5. The molecule has 0 unspecified atom stereocenters. The molecule has 2 N–H and O–H groups in total. The molecule has 0 saturated carbocycles. The number of hydrogen-bond donors (Lipinski definition) is 2. The molecule has 1 fully saturated rings. The number of allylic oxidation sites excluding steroid dienone is 1. The number of aryl methyl sites for hydroxylation is 1. The minimum atomic E-state index is -0.121. The molecule has 0 atom stereocenters. The molecule has 0 radical (unpaired) electrons. The zero-order chi connectivity index (χ0) is 16.1. The first kappa shape index (κ1) is 14.1. The third kappa shape index (κ3) is 2.09. The van der Waals surface area contributed by atoms with Crippen LogP contribution < -0.4 is 20.9 Å². The van der Waals surface area contributed by atoms with Crippen LogP contribution in [0.1, 0.15) is 12.5 Å². The van der Waals surface area contributed by atoms with Gasteiger partial charge in [0.15, 0.2) is 0 Å². The number of nitrogens with zero attached hydrogens (tertiary/aromatic N) is 2. The lowest BCUT2D eigenvalue weighted by Crippen LogP contribution is -2.41. The van der Waals surface area contributed by atoms with E-state index in [0.717, 1.165) is 22.6 Å². The topological polar surface area (TPSA) is 47.6 Å². The Morgan fingerprint density at radius 1 is 1.04 bits per heavy atom. The molecule has 116 valence electrons. The quantitative estimate of drug-likeness (QED) is 0.841. The molecule has 2 aliphatic rings. The fourth-order valence-corrected chi connectivity index (χ4v) is 3.01. The van der Waals surface area contributed by atoms with Crippen LogP contribution >= 0.6 is 11.6 Å². The number of hydrogen-bond acceptors (Lipinski definition) is 4. The smallest absolute Gasteiger partial charge is 0.294 e. The first-order chi connectivity index (χ1) is 11.1. The van der Waals surface area contributed by atoms with Crippen LogP contribution in [0.3, 0.4) is 0 Å². The summed E-state index contributed by atoms with van der Waals surface area (Å²) >= 11 is 6.20. The lowest BCUT2D eigenvalue weighted by atomic mass is 10.1. The van der Waals surface area contributed by atoms with E-state index in [-0.39, 0.29) is 5.91 Å². The lowest BCUT2D eigenvalue weighted by Gasteiger charge is -2.28. The van der Waals surface area contributed by atoms with Gasteiger partial charge in [0.2, 0.25) is 0 Å². The summed E-state index contributed by atoms with van der Waals surface area (Å²) in [4.78, 5) is 12.8. The monoisotopic (exact) mass is 326 g/mol. The van der Waals surface area contributed by atoms with Gasteiger partial charge in [-0.2, -0.15) is 0 Å². The second-order valence-electron chi connectivity index (χ2n) is 5.63. The van der Waals surface area contributed by atoms with Crippen LogP contribution in [0, 0.1) is 6.92 Å². The summed E-state index contributed by atoms with van der Waals surface area (Å²) in [6.45, 7) is 3.82. The van der Waals surface area contributed by atoms with Gasteiger partial charge in [0.1, 0.15) is 5.70 Å². The van der Waals surface area contributed by atoms with Gasteiger partial charge in [0.25, 0.3) is 5.91 Å². The minimum absolute atomic E-state index is 0.121. The van der Waals surface area contributed by atoms with Crippen molar-refractivity contribution in [2.45, 2.75) is 13.8 Å². The molecular formula is C17H15ClN4O. The molecule has 4 rings (SSSR count). The highest BCUT2D eigenvalue weighted by molar-refractivity contribution is 6.31. The Kier molecular flexibility index (Phi) is 3.07. The van der Waals surface area contributed by atoms with E-state index in [4.69, 9.17) is 11.6 Å². The molecule has 6 heteroatoms. The van der Waals surface area contributed by atoms with Gasteiger partial charge in [-0.25, -0.2) is 10.0 Å². The SMILES string of the molecule is CC1=C2C(=O)N(c3ccc(C)c(Cl)c3)NN2c2ccccc2N1. The number of carbonyl (C=O) groups is 1. The van der Waals surface area contributed by atoms with E-state index < -0.39 is 0 Å². The molecule has 2 aromatic rings. The Balaban J connectivity index is 1.79. The van der Waals surface area contributed by atoms with Crippen molar-refractivity contribution < 1.29 is 4.79 Å². The summed E-state index contributed by atoms with van der Waals surface area (Å²) in [5, 5.41) is 7.22. The van der Waals surface area contributed by atoms with Gasteiger partial charge in [0.05, 0.1) is 17.1 Å². The van der Waals surface area contributed by atoms with Crippen molar-refractivity contribution in [2.24, 2.45) is 0 Å². The maximum atomic E-state index is 12.8. The Morgan fingerprint density at radius 3 is 2.61 bits per heavy atom. The molecule has 1 amide bonds. The molecular weight excluding hydrogens is 312 g/mol. The van der Waals surface area contributed by atoms with E-state index in [1.165, 1.54) is 5.01 Å². The number of benzene rings is 2. The van der Waals surface area contributed by atoms with E-state index in [1.807, 2.05) is 50.2 Å². The van der Waals surface area contributed by atoms with Crippen LogP contribution in [0.2, 0.25) is 5.02 Å². The number of anilines is 3. The molecule has 2 aliphatic heterocycles. The van der Waals surface area contributed by atoms with Crippen molar-refractivity contribution in [1.29, 1.82) is 0 Å². The van der Waals surface area contributed by atoms with Crippen LogP contribution in [0.15, 0.2) is 53.9 Å². The predicted molar refractivity (Wildman–Crippen MR) is 92.1 cm³/mol. The molecule has 2 aromatic carbocycles. The number of nitrogens with one attached hydrogen (secondary N) is 2. The van der Waals surface area contributed by atoms with Crippen LogP contribution in [-0.2, 0) is 4.79 Å². The highest BCUT2D eigenvalue weighted by Gasteiger charge is 2.39. The van der Waals surface area contributed by atoms with Gasteiger partial charge in [0, 0.05) is 10.7 Å². The number of amides is 1. The molecule has 1 saturated heterocycles. The van der Waals surface area contributed by atoms with E-state index in [2.05, 4.69) is 10.9 Å². The van der Waals surface area contributed by atoms with Crippen molar-refractivity contribution in [2.75, 3.05) is 15.3 Å². The Hall–Kier alpha value is -2.50. The molecule has 2 heterocycles. The largest absolute Gasteiger partial charge is 0.355 e. The summed E-state index contributed by atoms with van der Waals surface area (Å²) in [5.74, 6) is -0.121. The maximum Gasteiger partial charge on any atom is 0.294 e. The zero-order valence-corrected chi connectivity index (χ0v) is 13.5. The molecule has 5 nitrogen and oxygen atoms in total. The summed E-state index contributed by atoms with van der Waals surface area (Å²) in [6.07, 6.45) is 0. The minimum Gasteiger partial charge on any atom is -0.355 e. The Morgan fingerprint density at radius 2 is 1.83 bits per heavy atom. The second-order valence-corrected chi connectivity index (χ2v) is 6.03. The Labute approximate surface area is 139 Å². The predicted octanol–water partition coefficient (Wildman–Crippen LogP) is 3.58. The third-order valence-corrected chi connectivity index (χ3v) is 4.47. The number of para-hydroxylation sites is 2. The number of halogens is 1. The van der Waals surface area contributed by atoms with Crippen LogP contribution in [0.5, 0.6) is 0 Å². The van der Waals surface area contributed by atoms with Crippen molar-refractivity contribution in [3.8, 4) is 0 Å². The fraction of sp³-hybridized carbons (Fsp3) is 0.118. The number of hydrazine groups is 2. The number of fused-ring (bicyclic) bond motifs is 3. The number of carbonyl (C=O) groups excluding carboxylic acids is 1. The van der Waals surface area contributed by atoms with Crippen molar-refractivity contribution in [1.82, 2.24) is 5.53 Å². The highest BCUT2D eigenvalue weighted by Crippen LogP contribution is 2.38. The average Bonchev–Trinajstić information content (AvgIpc) is 2.89. The molecule has 0 aliphatic carbocycles. The second kappa shape index (κ2) is 5.01. The van der Waals surface area contributed by atoms with Gasteiger partial charge in [-0.15, -0.1) is 5.53 Å². The van der Waals surface area contributed by atoms with Crippen molar-refractivity contribution in [3.63, 3.8) is 0 Å². The van der Waals surface area contributed by atoms with E-state index in [0.29, 0.717) is 16.4 Å². The van der Waals surface area contributed by atoms with Gasteiger partial charge in [-0.05, 0) is 43.7 Å². The zero-order valence-electron chi connectivity index (χ0n) is 12.7. The van der Waals surface area contributed by atoms with Crippen LogP contribution in [0.4, 0.5) is 17.1 Å². The molecule has 0 spiro atoms. The normalized spacial score (nSPS) is 16.4. The first-order valence-corrected chi connectivity index (χ1v) is 7.68. The van der Waals surface area contributed by atoms with Crippen LogP contribution in [-0.4, -0.2) is 5.91 Å². The van der Waals surface area contributed by atoms with Gasteiger partial charge < -0.3 is 5.32 Å². The molecule has 23 heavy (non-hydrogen) atoms. The van der Waals surface area contributed by atoms with E-state index >= 15 is 0 Å². The van der Waals surface area contributed by atoms with Crippen LogP contribution in [0.25, 0.3) is 0 Å². The molecule has 0 bridgehead atoms. The standard InChI is InChI=1S/C17H15ClN4O/c1-10-7-8-12(9-13(10)18)21-17(23)16-11(2)19-14-5-3-4-6-15(14)22(16)20-21/h3-9,19-20H,1-2H3. The Bertz CT molecular complexity index is 861. The summed E-state index contributed by atoms with van der Waals surface area (Å²) in [6, 6.07) is 13.4. The lowest BCUT2D eigenvalue weighted by molar-refractivity contribution is -0.114. The maximum absolute atomic E-state index is 12.8. The molecule has 0 aromatic heterocycles. The van der Waals surface area contributed by atoms with Gasteiger partial charge in [-0.3, -0.25) is 4.79 Å². The number of rotatable bonds is 1. The van der Waals surface area contributed by atoms with Crippen molar-refractivity contribution >= 4 is 34.6 Å². The van der Waals surface area contributed by atoms with Crippen molar-refractivity contribution in [3.05, 3.63) is 64.4 Å². The third-order valence-electron chi connectivity index (χ3n) is 4.07. The fourth-order valence-electron chi connectivity index (χ4n) is 2.83. The summed E-state index contributed by atoms with van der Waals surface area (Å²) in [7, 11) is 0. The average molecular weight is 327 g/mol.